The summed E-state index contributed by atoms with van der Waals surface area (Å²) in [5.74, 6) is 0.848. The van der Waals surface area contributed by atoms with Gasteiger partial charge in [-0.05, 0) is 0 Å². The number of oxime groups is 1. The Morgan fingerprint density at radius 1 is 0.864 bits per heavy atom. The Labute approximate surface area is 143 Å². The van der Waals surface area contributed by atoms with Crippen LogP contribution in [-0.2, 0) is 8.95 Å². The Bertz CT molecular complexity index is 337. The van der Waals surface area contributed by atoms with Crippen LogP contribution in [0.5, 0.6) is 0 Å². The zero-order valence-corrected chi connectivity index (χ0v) is 20.6. The molecule has 0 amide bonds. The summed E-state index contributed by atoms with van der Waals surface area (Å²) < 4.78 is 11.9. The second-order valence-electron chi connectivity index (χ2n) is 8.32. The van der Waals surface area contributed by atoms with Gasteiger partial charge in [-0.2, -0.15) is 0 Å². The fourth-order valence-corrected chi connectivity index (χ4v) is 11.1. The second kappa shape index (κ2) is 9.52. The molecule has 0 unspecified atom stereocenters. The molecule has 132 valence electrons. The predicted molar refractivity (Wildman–Crippen MR) is 108 cm³/mol. The summed E-state index contributed by atoms with van der Waals surface area (Å²) in [6.45, 7) is 20.3. The van der Waals surface area contributed by atoms with E-state index in [0.29, 0.717) is 0 Å². The van der Waals surface area contributed by atoms with E-state index in [-0.39, 0.29) is 0 Å². The van der Waals surface area contributed by atoms with Crippen molar-refractivity contribution < 1.29 is 8.95 Å². The van der Waals surface area contributed by atoms with Gasteiger partial charge in [0.2, 0.25) is 0 Å². The van der Waals surface area contributed by atoms with E-state index in [0.717, 1.165) is 12.3 Å². The molecule has 0 saturated heterocycles. The molecule has 0 saturated carbocycles. The Morgan fingerprint density at radius 3 is 1.73 bits per heavy atom. The number of nitrogens with zero attached hydrogens (tertiary/aromatic N) is 1. The fraction of sp³-hybridized carbons (Fsp3) is 0.938. The summed E-state index contributed by atoms with van der Waals surface area (Å²) in [5, 5.41) is 10.2. The SMILES string of the molecule is C[CH2][Ge]([CH2]C)([CH2]C)[CH2]CC/C(=N\O[Si](C)(C)C)O[Si](C)(C)C. The van der Waals surface area contributed by atoms with Gasteiger partial charge in [0.05, 0.1) is 0 Å². The van der Waals surface area contributed by atoms with E-state index in [4.69, 9.17) is 8.95 Å². The van der Waals surface area contributed by atoms with Crippen molar-refractivity contribution in [2.45, 2.75) is 93.9 Å². The normalized spacial score (nSPS) is 14.1. The molecule has 0 aromatic rings. The quantitative estimate of drug-likeness (QED) is 0.185. The molecule has 0 N–H and O–H groups in total. The standard InChI is InChI=1S/C16H39GeNO2Si2/c1-10-17(11-2,12-3)15-13-14-16(19-21(4,5)6)18-20-22(7,8)9/h10-15H2,1-9H3/b18-16+. The third-order valence-corrected chi connectivity index (χ3v) is 18.1. The molecule has 0 radical (unpaired) electrons. The summed E-state index contributed by atoms with van der Waals surface area (Å²) in [6, 6.07) is 0. The minimum absolute atomic E-state index is 0.848. The van der Waals surface area contributed by atoms with Gasteiger partial charge in [-0.15, -0.1) is 0 Å². The summed E-state index contributed by atoms with van der Waals surface area (Å²) in [4.78, 5) is 0. The van der Waals surface area contributed by atoms with Crippen molar-refractivity contribution in [3.05, 3.63) is 0 Å². The number of hydrogen-bond acceptors (Lipinski definition) is 3. The third-order valence-electron chi connectivity index (χ3n) is 4.19. The van der Waals surface area contributed by atoms with E-state index in [1.165, 1.54) is 27.4 Å². The molecule has 0 bridgehead atoms. The van der Waals surface area contributed by atoms with Crippen LogP contribution in [0.4, 0.5) is 0 Å². The van der Waals surface area contributed by atoms with Gasteiger partial charge in [0.25, 0.3) is 0 Å². The van der Waals surface area contributed by atoms with Crippen LogP contribution in [0.1, 0.15) is 33.6 Å². The van der Waals surface area contributed by atoms with Crippen molar-refractivity contribution in [2.75, 3.05) is 0 Å². The first-order valence-corrected chi connectivity index (χ1v) is 21.7. The van der Waals surface area contributed by atoms with E-state index in [1.54, 1.807) is 0 Å². The molecular formula is C16H39GeNO2Si2. The molecule has 0 aromatic heterocycles. The van der Waals surface area contributed by atoms with Crippen molar-refractivity contribution in [1.82, 2.24) is 0 Å². The van der Waals surface area contributed by atoms with Gasteiger partial charge in [0, 0.05) is 0 Å². The molecule has 0 aliphatic carbocycles. The van der Waals surface area contributed by atoms with E-state index >= 15 is 0 Å². The maximum absolute atomic E-state index is 6.16. The van der Waals surface area contributed by atoms with E-state index in [9.17, 15) is 0 Å². The van der Waals surface area contributed by atoms with E-state index in [2.05, 4.69) is 65.2 Å². The van der Waals surface area contributed by atoms with Crippen LogP contribution in [0.15, 0.2) is 5.16 Å². The zero-order chi connectivity index (χ0) is 17.4. The fourth-order valence-electron chi connectivity index (χ4n) is 2.55. The number of hydrogen-bond donors (Lipinski definition) is 0. The van der Waals surface area contributed by atoms with E-state index < -0.39 is 29.9 Å². The molecule has 22 heavy (non-hydrogen) atoms. The first kappa shape index (κ1) is 22.2. The summed E-state index contributed by atoms with van der Waals surface area (Å²) in [6.07, 6.45) is 2.16. The van der Waals surface area contributed by atoms with Crippen LogP contribution in [0.25, 0.3) is 0 Å². The van der Waals surface area contributed by atoms with Gasteiger partial charge in [-0.25, -0.2) is 0 Å². The third kappa shape index (κ3) is 10.1. The molecule has 6 heteroatoms. The first-order chi connectivity index (χ1) is 9.97. The maximum atomic E-state index is 6.16. The first-order valence-electron chi connectivity index (χ1n) is 8.91. The molecule has 0 spiro atoms. The molecule has 0 aromatic carbocycles. The van der Waals surface area contributed by atoms with Crippen molar-refractivity contribution in [2.24, 2.45) is 5.16 Å². The molecule has 0 heterocycles. The summed E-state index contributed by atoms with van der Waals surface area (Å²) >= 11 is -1.57. The van der Waals surface area contributed by atoms with Crippen molar-refractivity contribution in [3.63, 3.8) is 0 Å². The van der Waals surface area contributed by atoms with Crippen LogP contribution in [-0.4, -0.2) is 35.8 Å². The second-order valence-corrected chi connectivity index (χ2v) is 28.9. The van der Waals surface area contributed by atoms with Crippen LogP contribution < -0.4 is 0 Å². The Kier molecular flexibility index (Phi) is 9.63. The van der Waals surface area contributed by atoms with Gasteiger partial charge in [0.15, 0.2) is 0 Å². The van der Waals surface area contributed by atoms with E-state index in [1.807, 2.05) is 0 Å². The zero-order valence-electron chi connectivity index (χ0n) is 16.5. The molecule has 0 aliphatic heterocycles. The van der Waals surface area contributed by atoms with Gasteiger partial charge in [-0.1, -0.05) is 0 Å². The van der Waals surface area contributed by atoms with Crippen molar-refractivity contribution >= 4 is 35.8 Å². The molecular weight excluding hydrogens is 367 g/mol. The minimum atomic E-state index is -1.63. The number of rotatable bonds is 10. The Hall–Kier alpha value is 0.247. The van der Waals surface area contributed by atoms with Gasteiger partial charge >= 0.3 is 144 Å². The van der Waals surface area contributed by atoms with Crippen molar-refractivity contribution in [3.8, 4) is 0 Å². The molecule has 3 nitrogen and oxygen atoms in total. The Balaban J connectivity index is 4.72. The van der Waals surface area contributed by atoms with Crippen LogP contribution in [0.3, 0.4) is 0 Å². The summed E-state index contributed by atoms with van der Waals surface area (Å²) in [7, 11) is -3.25. The summed E-state index contributed by atoms with van der Waals surface area (Å²) in [5.41, 5.74) is 0. The molecule has 0 atom stereocenters. The average Bonchev–Trinajstić information content (AvgIpc) is 2.39. The topological polar surface area (TPSA) is 30.8 Å². The molecule has 0 aliphatic rings. The molecule has 0 fully saturated rings. The van der Waals surface area contributed by atoms with Gasteiger partial charge in [-0.3, -0.25) is 0 Å². The van der Waals surface area contributed by atoms with Gasteiger partial charge in [0.1, 0.15) is 0 Å². The predicted octanol–water partition coefficient (Wildman–Crippen LogP) is 6.29. The van der Waals surface area contributed by atoms with Crippen LogP contribution in [0.2, 0.25) is 60.3 Å². The monoisotopic (exact) mass is 407 g/mol. The van der Waals surface area contributed by atoms with Crippen molar-refractivity contribution in [1.29, 1.82) is 0 Å². The molecule has 0 rings (SSSR count). The van der Waals surface area contributed by atoms with Crippen LogP contribution in [0, 0.1) is 0 Å². The van der Waals surface area contributed by atoms with Gasteiger partial charge < -0.3 is 0 Å². The Morgan fingerprint density at radius 2 is 1.36 bits per heavy atom. The average molecular weight is 406 g/mol. The van der Waals surface area contributed by atoms with Crippen LogP contribution >= 0.6 is 0 Å².